The van der Waals surface area contributed by atoms with E-state index in [1.54, 1.807) is 51.6 Å². The number of hydroxylamine groups is 2. The molecule has 0 radical (unpaired) electrons. The Balaban J connectivity index is 1.84. The van der Waals surface area contributed by atoms with Gasteiger partial charge in [-0.2, -0.15) is 0 Å². The number of nitrogens with one attached hydrogen (secondary N) is 2. The molecule has 3 rings (SSSR count). The number of benzene rings is 1. The number of rotatable bonds is 12. The van der Waals surface area contributed by atoms with Crippen molar-refractivity contribution in [2.24, 2.45) is 5.92 Å². The molecule has 230 valence electrons. The van der Waals surface area contributed by atoms with E-state index >= 15 is 0 Å². The normalized spacial score (nSPS) is 15.9. The average Bonchev–Trinajstić information content (AvgIpc) is 3.39. The molecule has 2 N–H and O–H groups in total. The summed E-state index contributed by atoms with van der Waals surface area (Å²) in [4.78, 5) is 64.5. The van der Waals surface area contributed by atoms with Crippen LogP contribution in [0.15, 0.2) is 42.7 Å². The van der Waals surface area contributed by atoms with E-state index in [0.717, 1.165) is 23.5 Å². The number of aromatic nitrogens is 2. The van der Waals surface area contributed by atoms with Crippen LogP contribution in [0.1, 0.15) is 85.8 Å². The summed E-state index contributed by atoms with van der Waals surface area (Å²) in [5.41, 5.74) is -1.33. The van der Waals surface area contributed by atoms with Gasteiger partial charge < -0.3 is 14.8 Å². The van der Waals surface area contributed by atoms with Crippen molar-refractivity contribution >= 4 is 30.1 Å². The number of nitrogens with zero attached hydrogens (tertiary/aromatic N) is 4. The fourth-order valence-electron chi connectivity index (χ4n) is 4.83. The van der Waals surface area contributed by atoms with Crippen LogP contribution in [-0.2, 0) is 24.0 Å². The molecule has 11 nitrogen and oxygen atoms in total. The van der Waals surface area contributed by atoms with E-state index in [2.05, 4.69) is 22.5 Å². The molecule has 11 heteroatoms. The lowest BCUT2D eigenvalue weighted by atomic mass is 9.97. The van der Waals surface area contributed by atoms with Gasteiger partial charge in [-0.3, -0.25) is 29.3 Å². The highest BCUT2D eigenvalue weighted by Crippen LogP contribution is 2.27. The van der Waals surface area contributed by atoms with Crippen LogP contribution in [0.2, 0.25) is 0 Å². The van der Waals surface area contributed by atoms with Crippen molar-refractivity contribution in [2.75, 3.05) is 18.4 Å². The van der Waals surface area contributed by atoms with Gasteiger partial charge in [0.2, 0.25) is 30.1 Å². The molecule has 1 unspecified atom stereocenters. The van der Waals surface area contributed by atoms with E-state index in [4.69, 9.17) is 4.84 Å². The minimum absolute atomic E-state index is 0.0606. The summed E-state index contributed by atoms with van der Waals surface area (Å²) in [7, 11) is 0. The summed E-state index contributed by atoms with van der Waals surface area (Å²) in [5, 5.41) is 6.59. The third-order valence-electron chi connectivity index (χ3n) is 7.40. The third kappa shape index (κ3) is 8.18. The van der Waals surface area contributed by atoms with Gasteiger partial charge in [0, 0.05) is 25.5 Å². The number of amides is 4. The summed E-state index contributed by atoms with van der Waals surface area (Å²) in [6.45, 7) is 13.9. The predicted octanol–water partition coefficient (Wildman–Crippen LogP) is 3.92. The minimum atomic E-state index is -1.39. The summed E-state index contributed by atoms with van der Waals surface area (Å²) >= 11 is 0. The highest BCUT2D eigenvalue weighted by molar-refractivity contribution is 5.98. The van der Waals surface area contributed by atoms with Crippen LogP contribution >= 0.6 is 0 Å². The van der Waals surface area contributed by atoms with E-state index in [-0.39, 0.29) is 11.9 Å². The molecule has 2 heterocycles. The van der Waals surface area contributed by atoms with E-state index in [9.17, 15) is 19.2 Å². The summed E-state index contributed by atoms with van der Waals surface area (Å²) < 4.78 is 1.67. The van der Waals surface area contributed by atoms with Crippen molar-refractivity contribution < 1.29 is 24.0 Å². The molecule has 0 spiro atoms. The fourth-order valence-corrected chi connectivity index (χ4v) is 4.83. The number of carbonyl (C=O) groups is 4. The predicted molar refractivity (Wildman–Crippen MR) is 160 cm³/mol. The third-order valence-corrected chi connectivity index (χ3v) is 7.40. The van der Waals surface area contributed by atoms with Crippen LogP contribution in [0.3, 0.4) is 0 Å². The first-order valence-corrected chi connectivity index (χ1v) is 14.7. The fraction of sp³-hybridized carbons (Fsp3) is 0.581. The van der Waals surface area contributed by atoms with Gasteiger partial charge in [0.25, 0.3) is 0 Å². The van der Waals surface area contributed by atoms with Crippen LogP contribution in [0.4, 0.5) is 5.95 Å². The first-order chi connectivity index (χ1) is 19.8. The maximum atomic E-state index is 13.9. The molecule has 0 bridgehead atoms. The Labute approximate surface area is 248 Å². The van der Waals surface area contributed by atoms with Crippen LogP contribution in [-0.4, -0.2) is 73.9 Å². The van der Waals surface area contributed by atoms with Gasteiger partial charge in [-0.1, -0.05) is 50.6 Å². The molecule has 2 atom stereocenters. The number of anilines is 1. The molecule has 1 aromatic carbocycles. The van der Waals surface area contributed by atoms with Crippen molar-refractivity contribution in [3.8, 4) is 0 Å². The van der Waals surface area contributed by atoms with Crippen molar-refractivity contribution in [3.05, 3.63) is 48.3 Å². The van der Waals surface area contributed by atoms with Crippen LogP contribution in [0.25, 0.3) is 0 Å². The van der Waals surface area contributed by atoms with E-state index in [0.29, 0.717) is 38.3 Å². The minimum Gasteiger partial charge on any atom is -0.342 e. The van der Waals surface area contributed by atoms with Gasteiger partial charge >= 0.3 is 0 Å². The monoisotopic (exact) mass is 582 g/mol. The Morgan fingerprint density at radius 3 is 2.33 bits per heavy atom. The molecule has 42 heavy (non-hydrogen) atoms. The number of imidazole rings is 1. The topological polar surface area (TPSA) is 126 Å². The molecule has 1 aromatic heterocycles. The molecular formula is C31H46N6O5. The summed E-state index contributed by atoms with van der Waals surface area (Å²) in [5.74, 6) is -0.314. The molecule has 0 saturated carbocycles. The van der Waals surface area contributed by atoms with E-state index < -0.39 is 35.0 Å². The van der Waals surface area contributed by atoms with Gasteiger partial charge in [0.15, 0.2) is 0 Å². The molecule has 1 aliphatic rings. The van der Waals surface area contributed by atoms with Gasteiger partial charge in [0.1, 0.15) is 17.6 Å². The van der Waals surface area contributed by atoms with Crippen molar-refractivity contribution in [2.45, 2.75) is 97.4 Å². The van der Waals surface area contributed by atoms with Gasteiger partial charge in [-0.05, 0) is 65.4 Å². The lowest BCUT2D eigenvalue weighted by molar-refractivity contribution is -0.247. The molecule has 1 fully saturated rings. The number of carbonyl (C=O) groups excluding carboxylic acids is 4. The molecular weight excluding hydrogens is 536 g/mol. The highest BCUT2D eigenvalue weighted by atomic mass is 16.7. The summed E-state index contributed by atoms with van der Waals surface area (Å²) in [6.07, 6.45) is 6.53. The van der Waals surface area contributed by atoms with Crippen molar-refractivity contribution in [3.63, 3.8) is 0 Å². The average molecular weight is 583 g/mol. The van der Waals surface area contributed by atoms with Crippen molar-refractivity contribution in [1.82, 2.24) is 24.8 Å². The quantitative estimate of drug-likeness (QED) is 0.289. The van der Waals surface area contributed by atoms with Crippen molar-refractivity contribution in [1.29, 1.82) is 0 Å². The Hall–Kier alpha value is -3.73. The molecule has 1 saturated heterocycles. The number of piperidine rings is 1. The SMILES string of the molecule is CCC[C@@H](NC(=O)C(C)(C)N(C=O)OC(C)(C)C)C(=O)Nc1nccn1C(C(=O)N1CCC(C)CC1)c1ccccc1. The molecule has 2 aromatic rings. The van der Waals surface area contributed by atoms with Gasteiger partial charge in [-0.15, -0.1) is 0 Å². The molecule has 0 aliphatic carbocycles. The lowest BCUT2D eigenvalue weighted by Crippen LogP contribution is -2.59. The van der Waals surface area contributed by atoms with Crippen LogP contribution in [0, 0.1) is 5.92 Å². The standard InChI is InChI=1S/C31H46N6O5/c1-8-12-24(33-28(41)31(6,7)37(21-38)42-30(3,4)5)26(39)34-29-32-17-20-36(29)25(23-13-10-9-11-14-23)27(40)35-18-15-22(2)16-19-35/h9-11,13-14,17,20-22,24-25H,8,12,15-16,18-19H2,1-7H3,(H,33,41)(H,32,34,39)/t24-,25?/m1/s1. The Morgan fingerprint density at radius 2 is 1.76 bits per heavy atom. The summed E-state index contributed by atoms with van der Waals surface area (Å²) in [6, 6.07) is 7.80. The van der Waals surface area contributed by atoms with E-state index in [1.165, 1.54) is 0 Å². The van der Waals surface area contributed by atoms with E-state index in [1.807, 2.05) is 42.2 Å². The number of hydrogen-bond donors (Lipinski definition) is 2. The maximum Gasteiger partial charge on any atom is 0.250 e. The zero-order valence-corrected chi connectivity index (χ0v) is 25.9. The smallest absolute Gasteiger partial charge is 0.250 e. The first kappa shape index (κ1) is 32.8. The van der Waals surface area contributed by atoms with Gasteiger partial charge in [-0.25, -0.2) is 10.0 Å². The van der Waals surface area contributed by atoms with Crippen LogP contribution in [0.5, 0.6) is 0 Å². The highest BCUT2D eigenvalue weighted by Gasteiger charge is 2.39. The first-order valence-electron chi connectivity index (χ1n) is 14.7. The number of hydrogen-bond acceptors (Lipinski definition) is 6. The van der Waals surface area contributed by atoms with Gasteiger partial charge in [0.05, 0.1) is 5.60 Å². The second-order valence-electron chi connectivity index (χ2n) is 12.5. The zero-order chi connectivity index (χ0) is 31.1. The second kappa shape index (κ2) is 14.0. The second-order valence-corrected chi connectivity index (χ2v) is 12.5. The Morgan fingerprint density at radius 1 is 1.12 bits per heavy atom. The van der Waals surface area contributed by atoms with Crippen LogP contribution < -0.4 is 10.6 Å². The number of likely N-dealkylation sites (tertiary alicyclic amines) is 1. The molecule has 1 aliphatic heterocycles. The lowest BCUT2D eigenvalue weighted by Gasteiger charge is -2.37. The Kier molecular flexibility index (Phi) is 10.9. The Bertz CT molecular complexity index is 1210. The molecule has 4 amide bonds. The zero-order valence-electron chi connectivity index (χ0n) is 25.9. The largest absolute Gasteiger partial charge is 0.342 e. The maximum absolute atomic E-state index is 13.9.